The summed E-state index contributed by atoms with van der Waals surface area (Å²) in [5, 5.41) is 8.43. The van der Waals surface area contributed by atoms with Gasteiger partial charge in [-0.05, 0) is 38.5 Å². The van der Waals surface area contributed by atoms with Crippen LogP contribution in [0.1, 0.15) is 45.8 Å². The maximum absolute atomic E-state index is 12.0. The van der Waals surface area contributed by atoms with Gasteiger partial charge in [0.15, 0.2) is 5.96 Å². The van der Waals surface area contributed by atoms with E-state index in [1.165, 1.54) is 11.3 Å². The number of carbonyl (C=O) groups is 1. The van der Waals surface area contributed by atoms with Gasteiger partial charge in [-0.25, -0.2) is 9.78 Å². The first kappa shape index (κ1) is 21.5. The summed E-state index contributed by atoms with van der Waals surface area (Å²) in [5.74, 6) is 0.255. The molecule has 1 atom stereocenters. The monoisotopic (exact) mass is 428 g/mol. The second kappa shape index (κ2) is 9.92. The Balaban J connectivity index is 2.01. The van der Waals surface area contributed by atoms with Crippen LogP contribution in [0.25, 0.3) is 0 Å². The summed E-state index contributed by atoms with van der Waals surface area (Å²) in [7, 11) is 1.68. The molecule has 1 unspecified atom stereocenters. The van der Waals surface area contributed by atoms with Crippen molar-refractivity contribution in [3.05, 3.63) is 49.4 Å². The Bertz CT molecular complexity index is 839. The maximum Gasteiger partial charge on any atom is 0.350 e. The number of nitrogens with one attached hydrogen (secondary N) is 2. The van der Waals surface area contributed by atoms with Gasteiger partial charge in [-0.2, -0.15) is 0 Å². The zero-order chi connectivity index (χ0) is 20.0. The lowest BCUT2D eigenvalue weighted by Gasteiger charge is -2.16. The highest BCUT2D eigenvalue weighted by Gasteiger charge is 2.20. The normalized spacial score (nSPS) is 12.6. The number of esters is 1. The van der Waals surface area contributed by atoms with Gasteiger partial charge in [0, 0.05) is 23.6 Å². The van der Waals surface area contributed by atoms with Crippen LogP contribution in [0.4, 0.5) is 0 Å². The Labute approximate surface area is 173 Å². The molecule has 6 nitrogen and oxygen atoms in total. The topological polar surface area (TPSA) is 75.6 Å². The van der Waals surface area contributed by atoms with Crippen LogP contribution in [-0.2, 0) is 11.3 Å². The summed E-state index contributed by atoms with van der Waals surface area (Å²) < 4.78 is 5.06. The third-order valence-electron chi connectivity index (χ3n) is 3.68. The van der Waals surface area contributed by atoms with Crippen molar-refractivity contribution in [3.8, 4) is 0 Å². The summed E-state index contributed by atoms with van der Waals surface area (Å²) in [4.78, 5) is 21.2. The lowest BCUT2D eigenvalue weighted by Crippen LogP contribution is -2.38. The first-order chi connectivity index (χ1) is 12.8. The van der Waals surface area contributed by atoms with Crippen molar-refractivity contribution in [2.45, 2.75) is 33.4 Å². The maximum atomic E-state index is 12.0. The van der Waals surface area contributed by atoms with E-state index in [0.717, 1.165) is 10.6 Å². The largest absolute Gasteiger partial charge is 0.462 e. The third kappa shape index (κ3) is 5.82. The van der Waals surface area contributed by atoms with Crippen molar-refractivity contribution in [2.75, 3.05) is 13.7 Å². The summed E-state index contributed by atoms with van der Waals surface area (Å²) in [6.45, 7) is 6.36. The molecular weight excluding hydrogens is 407 g/mol. The van der Waals surface area contributed by atoms with Crippen LogP contribution in [-0.4, -0.2) is 30.6 Å². The average Bonchev–Trinajstić information content (AvgIpc) is 3.02. The van der Waals surface area contributed by atoms with E-state index in [0.29, 0.717) is 39.7 Å². The molecule has 2 rings (SSSR count). The van der Waals surface area contributed by atoms with Crippen LogP contribution < -0.4 is 10.6 Å². The number of aliphatic imine (C=N–C) groups is 1. The number of guanidine groups is 1. The van der Waals surface area contributed by atoms with Crippen LogP contribution >= 0.6 is 34.5 Å². The van der Waals surface area contributed by atoms with Crippen LogP contribution in [0.2, 0.25) is 10.0 Å². The Kier molecular flexibility index (Phi) is 7.89. The van der Waals surface area contributed by atoms with Crippen molar-refractivity contribution < 1.29 is 9.53 Å². The van der Waals surface area contributed by atoms with Gasteiger partial charge in [0.1, 0.15) is 9.88 Å². The van der Waals surface area contributed by atoms with Crippen molar-refractivity contribution in [1.82, 2.24) is 15.6 Å². The SMILES string of the molecule is CCOC(=O)c1sc(C(C)NC(=NC)NCc2ccc(Cl)cc2Cl)nc1C. The zero-order valence-corrected chi connectivity index (χ0v) is 17.9. The number of nitrogens with zero attached hydrogens (tertiary/aromatic N) is 2. The third-order valence-corrected chi connectivity index (χ3v) is 5.59. The molecule has 0 aliphatic rings. The second-order valence-electron chi connectivity index (χ2n) is 5.71. The quantitative estimate of drug-likeness (QED) is 0.406. The molecule has 146 valence electrons. The van der Waals surface area contributed by atoms with Gasteiger partial charge >= 0.3 is 5.97 Å². The van der Waals surface area contributed by atoms with Gasteiger partial charge in [0.05, 0.1) is 18.3 Å². The molecule has 0 bridgehead atoms. The Morgan fingerprint density at radius 1 is 1.41 bits per heavy atom. The lowest BCUT2D eigenvalue weighted by atomic mass is 10.2. The molecule has 0 fully saturated rings. The Morgan fingerprint density at radius 3 is 2.78 bits per heavy atom. The number of carbonyl (C=O) groups excluding carboxylic acids is 1. The predicted molar refractivity (Wildman–Crippen MR) is 111 cm³/mol. The Morgan fingerprint density at radius 2 is 2.15 bits per heavy atom. The van der Waals surface area contributed by atoms with E-state index < -0.39 is 0 Å². The summed E-state index contributed by atoms with van der Waals surface area (Å²) in [6.07, 6.45) is 0. The molecule has 0 radical (unpaired) electrons. The van der Waals surface area contributed by atoms with Gasteiger partial charge in [0.25, 0.3) is 0 Å². The number of benzene rings is 1. The first-order valence-electron chi connectivity index (χ1n) is 8.41. The number of aromatic nitrogens is 1. The van der Waals surface area contributed by atoms with E-state index >= 15 is 0 Å². The molecule has 0 amide bonds. The van der Waals surface area contributed by atoms with Crippen LogP contribution in [0.5, 0.6) is 0 Å². The van der Waals surface area contributed by atoms with E-state index in [-0.39, 0.29) is 12.0 Å². The first-order valence-corrected chi connectivity index (χ1v) is 9.98. The average molecular weight is 429 g/mol. The highest BCUT2D eigenvalue weighted by atomic mass is 35.5. The molecule has 0 saturated carbocycles. The molecule has 1 heterocycles. The highest BCUT2D eigenvalue weighted by molar-refractivity contribution is 7.13. The van der Waals surface area contributed by atoms with Gasteiger partial charge in [-0.1, -0.05) is 29.3 Å². The van der Waals surface area contributed by atoms with Gasteiger partial charge in [0.2, 0.25) is 0 Å². The smallest absolute Gasteiger partial charge is 0.350 e. The van der Waals surface area contributed by atoms with E-state index in [9.17, 15) is 4.79 Å². The van der Waals surface area contributed by atoms with Crippen LogP contribution in [0.3, 0.4) is 0 Å². The number of thiazole rings is 1. The number of halogens is 2. The number of rotatable bonds is 6. The molecule has 2 aromatic rings. The van der Waals surface area contributed by atoms with Gasteiger partial charge < -0.3 is 15.4 Å². The predicted octanol–water partition coefficient (Wildman–Crippen LogP) is 4.36. The van der Waals surface area contributed by atoms with Crippen molar-refractivity contribution >= 4 is 46.5 Å². The lowest BCUT2D eigenvalue weighted by molar-refractivity contribution is 0.0531. The minimum Gasteiger partial charge on any atom is -0.462 e. The highest BCUT2D eigenvalue weighted by Crippen LogP contribution is 2.24. The number of hydrogen-bond donors (Lipinski definition) is 2. The molecule has 1 aromatic carbocycles. The minimum atomic E-state index is -0.342. The molecular formula is C18H22Cl2N4O2S. The fourth-order valence-corrected chi connectivity index (χ4v) is 3.73. The standard InChI is InChI=1S/C18H22Cl2N4O2S/c1-5-26-17(25)15-10(2)23-16(27-15)11(3)24-18(21-4)22-9-12-6-7-13(19)8-14(12)20/h6-8,11H,5,9H2,1-4H3,(H2,21,22,24). The van der Waals surface area contributed by atoms with Crippen molar-refractivity contribution in [3.63, 3.8) is 0 Å². The fraction of sp³-hybridized carbons (Fsp3) is 0.389. The number of hydrogen-bond acceptors (Lipinski definition) is 5. The minimum absolute atomic E-state index is 0.135. The summed E-state index contributed by atoms with van der Waals surface area (Å²) in [5.41, 5.74) is 1.57. The molecule has 9 heteroatoms. The molecule has 0 saturated heterocycles. The molecule has 0 aliphatic heterocycles. The number of aryl methyl sites for hydroxylation is 1. The molecule has 27 heavy (non-hydrogen) atoms. The second-order valence-corrected chi connectivity index (χ2v) is 7.59. The van der Waals surface area contributed by atoms with E-state index in [1.54, 1.807) is 33.0 Å². The van der Waals surface area contributed by atoms with Crippen molar-refractivity contribution in [2.24, 2.45) is 4.99 Å². The summed E-state index contributed by atoms with van der Waals surface area (Å²) in [6, 6.07) is 5.22. The zero-order valence-electron chi connectivity index (χ0n) is 15.6. The molecule has 2 N–H and O–H groups in total. The van der Waals surface area contributed by atoms with Crippen molar-refractivity contribution in [1.29, 1.82) is 0 Å². The molecule has 1 aromatic heterocycles. The Hall–Kier alpha value is -1.83. The molecule has 0 aliphatic carbocycles. The number of ether oxygens (including phenoxy) is 1. The van der Waals surface area contributed by atoms with E-state index in [1.807, 2.05) is 13.0 Å². The van der Waals surface area contributed by atoms with E-state index in [2.05, 4.69) is 20.6 Å². The van der Waals surface area contributed by atoms with E-state index in [4.69, 9.17) is 27.9 Å². The summed E-state index contributed by atoms with van der Waals surface area (Å²) >= 11 is 13.4. The van der Waals surface area contributed by atoms with Gasteiger partial charge in [-0.15, -0.1) is 11.3 Å². The fourth-order valence-electron chi connectivity index (χ4n) is 2.29. The van der Waals surface area contributed by atoms with Crippen LogP contribution in [0, 0.1) is 6.92 Å². The van der Waals surface area contributed by atoms with Crippen LogP contribution in [0.15, 0.2) is 23.2 Å². The van der Waals surface area contributed by atoms with Gasteiger partial charge in [-0.3, -0.25) is 4.99 Å². The molecule has 0 spiro atoms.